The molecule has 2 bridgehead atoms. The van der Waals surface area contributed by atoms with Crippen LogP contribution in [0.15, 0.2) is 54.9 Å². The van der Waals surface area contributed by atoms with Crippen LogP contribution in [-0.4, -0.2) is 37.2 Å². The molecule has 0 amide bonds. The van der Waals surface area contributed by atoms with Gasteiger partial charge in [-0.2, -0.15) is 0 Å². The van der Waals surface area contributed by atoms with E-state index in [1.54, 1.807) is 6.20 Å². The van der Waals surface area contributed by atoms with Gasteiger partial charge in [0.15, 0.2) is 0 Å². The molecule has 1 N–H and O–H groups in total. The molecule has 0 unspecified atom stereocenters. The lowest BCUT2D eigenvalue weighted by Gasteiger charge is -2.44. The van der Waals surface area contributed by atoms with E-state index in [0.29, 0.717) is 18.6 Å². The second-order valence-corrected chi connectivity index (χ2v) is 8.17. The summed E-state index contributed by atoms with van der Waals surface area (Å²) in [5, 5.41) is 11.4. The fourth-order valence-corrected chi connectivity index (χ4v) is 5.08. The van der Waals surface area contributed by atoms with Gasteiger partial charge in [0, 0.05) is 31.0 Å². The summed E-state index contributed by atoms with van der Waals surface area (Å²) >= 11 is 0. The highest BCUT2D eigenvalue weighted by molar-refractivity contribution is 5.75. The average molecular weight is 365 g/mol. The Balaban J connectivity index is 1.33. The maximum atomic E-state index is 13.2. The Morgan fingerprint density at radius 3 is 2.56 bits per heavy atom. The molecule has 2 saturated heterocycles. The minimum atomic E-state index is -0.688. The molecule has 2 atom stereocenters. The molecule has 0 spiro atoms. The van der Waals surface area contributed by atoms with Gasteiger partial charge < -0.3 is 9.67 Å². The fraction of sp³-hybridized carbons (Fsp3) is 0.409. The van der Waals surface area contributed by atoms with Gasteiger partial charge in [0.1, 0.15) is 5.82 Å². The molecule has 2 aliphatic heterocycles. The van der Waals surface area contributed by atoms with Crippen LogP contribution in [-0.2, 0) is 13.1 Å². The van der Waals surface area contributed by atoms with Gasteiger partial charge in [0.05, 0.1) is 23.2 Å². The number of benzene rings is 1. The van der Waals surface area contributed by atoms with Crippen molar-refractivity contribution in [2.24, 2.45) is 0 Å². The highest BCUT2D eigenvalue weighted by atomic mass is 19.1. The van der Waals surface area contributed by atoms with Crippen molar-refractivity contribution in [2.45, 2.75) is 56.5 Å². The minimum absolute atomic E-state index is 0.191. The van der Waals surface area contributed by atoms with Crippen LogP contribution in [0.2, 0.25) is 0 Å². The number of rotatable bonds is 4. The van der Waals surface area contributed by atoms with E-state index < -0.39 is 5.60 Å². The molecule has 4 nitrogen and oxygen atoms in total. The number of pyridine rings is 1. The number of piperidine rings is 1. The normalized spacial score (nSPS) is 28.1. The number of aliphatic hydroxyl groups is 1. The molecule has 0 saturated carbocycles. The van der Waals surface area contributed by atoms with Crippen molar-refractivity contribution in [3.63, 3.8) is 0 Å². The summed E-state index contributed by atoms with van der Waals surface area (Å²) in [6.07, 6.45) is 7.65. The van der Waals surface area contributed by atoms with Gasteiger partial charge in [-0.3, -0.25) is 9.88 Å². The Bertz CT molecular complexity index is 938. The number of halogens is 1. The second kappa shape index (κ2) is 6.43. The third kappa shape index (κ3) is 3.15. The SMILES string of the molecule is OC1(Cn2ccc3ncccc32)C[C@H]2CC[C@H](C1)N2Cc1ccc(F)cc1. The van der Waals surface area contributed by atoms with Gasteiger partial charge in [-0.15, -0.1) is 0 Å². The van der Waals surface area contributed by atoms with E-state index in [1.165, 1.54) is 12.1 Å². The Morgan fingerprint density at radius 2 is 1.81 bits per heavy atom. The van der Waals surface area contributed by atoms with E-state index in [2.05, 4.69) is 20.5 Å². The van der Waals surface area contributed by atoms with Gasteiger partial charge in [0.25, 0.3) is 0 Å². The number of nitrogens with zero attached hydrogens (tertiary/aromatic N) is 3. The van der Waals surface area contributed by atoms with Gasteiger partial charge in [-0.1, -0.05) is 12.1 Å². The third-order valence-corrected chi connectivity index (χ3v) is 6.28. The molecule has 3 aromatic rings. The van der Waals surface area contributed by atoms with Crippen molar-refractivity contribution in [3.05, 3.63) is 66.2 Å². The van der Waals surface area contributed by atoms with E-state index in [1.807, 2.05) is 30.5 Å². The summed E-state index contributed by atoms with van der Waals surface area (Å²) in [6, 6.07) is 13.6. The Labute approximate surface area is 158 Å². The zero-order valence-electron chi connectivity index (χ0n) is 15.3. The summed E-state index contributed by atoms with van der Waals surface area (Å²) in [5.74, 6) is -0.191. The van der Waals surface area contributed by atoms with Gasteiger partial charge in [0.2, 0.25) is 0 Å². The Hall–Kier alpha value is -2.24. The molecule has 2 fully saturated rings. The second-order valence-electron chi connectivity index (χ2n) is 8.17. The number of fused-ring (bicyclic) bond motifs is 3. The van der Waals surface area contributed by atoms with Crippen LogP contribution >= 0.6 is 0 Å². The molecule has 27 heavy (non-hydrogen) atoms. The van der Waals surface area contributed by atoms with Crippen LogP contribution in [0, 0.1) is 5.82 Å². The monoisotopic (exact) mass is 365 g/mol. The van der Waals surface area contributed by atoms with Crippen molar-refractivity contribution in [3.8, 4) is 0 Å². The summed E-state index contributed by atoms with van der Waals surface area (Å²) in [4.78, 5) is 6.90. The number of hydrogen-bond acceptors (Lipinski definition) is 3. The summed E-state index contributed by atoms with van der Waals surface area (Å²) in [5.41, 5.74) is 2.50. The van der Waals surface area contributed by atoms with Crippen LogP contribution in [0.25, 0.3) is 11.0 Å². The first kappa shape index (κ1) is 16.9. The molecular weight excluding hydrogens is 341 g/mol. The van der Waals surface area contributed by atoms with E-state index in [0.717, 1.165) is 48.8 Å². The largest absolute Gasteiger partial charge is 0.388 e. The van der Waals surface area contributed by atoms with Crippen molar-refractivity contribution < 1.29 is 9.50 Å². The summed E-state index contributed by atoms with van der Waals surface area (Å²) in [7, 11) is 0. The van der Waals surface area contributed by atoms with E-state index in [-0.39, 0.29) is 5.82 Å². The molecule has 1 aromatic carbocycles. The van der Waals surface area contributed by atoms with Crippen molar-refractivity contribution in [2.75, 3.05) is 0 Å². The molecule has 2 aliphatic rings. The van der Waals surface area contributed by atoms with Crippen LogP contribution in [0.1, 0.15) is 31.2 Å². The first-order valence-electron chi connectivity index (χ1n) is 9.72. The van der Waals surface area contributed by atoms with E-state index in [9.17, 15) is 9.50 Å². The maximum absolute atomic E-state index is 13.2. The van der Waals surface area contributed by atoms with Crippen LogP contribution in [0.4, 0.5) is 4.39 Å². The molecule has 0 aliphatic carbocycles. The molecule has 4 heterocycles. The van der Waals surface area contributed by atoms with Crippen molar-refractivity contribution in [1.29, 1.82) is 0 Å². The minimum Gasteiger partial charge on any atom is -0.388 e. The third-order valence-electron chi connectivity index (χ3n) is 6.28. The first-order valence-corrected chi connectivity index (χ1v) is 9.72. The first-order chi connectivity index (χ1) is 13.1. The average Bonchev–Trinajstić information content (AvgIpc) is 3.16. The highest BCUT2D eigenvalue weighted by Gasteiger charge is 2.47. The zero-order valence-corrected chi connectivity index (χ0v) is 15.3. The van der Waals surface area contributed by atoms with Crippen molar-refractivity contribution in [1.82, 2.24) is 14.5 Å². The van der Waals surface area contributed by atoms with Crippen LogP contribution in [0.3, 0.4) is 0 Å². The smallest absolute Gasteiger partial charge is 0.123 e. The van der Waals surface area contributed by atoms with Crippen molar-refractivity contribution >= 4 is 11.0 Å². The molecule has 5 rings (SSSR count). The number of aromatic nitrogens is 2. The highest BCUT2D eigenvalue weighted by Crippen LogP contribution is 2.42. The van der Waals surface area contributed by atoms with Crippen LogP contribution in [0.5, 0.6) is 0 Å². The van der Waals surface area contributed by atoms with Crippen LogP contribution < -0.4 is 0 Å². The lowest BCUT2D eigenvalue weighted by atomic mass is 9.85. The fourth-order valence-electron chi connectivity index (χ4n) is 5.08. The van der Waals surface area contributed by atoms with E-state index in [4.69, 9.17) is 0 Å². The standard InChI is InChI=1S/C22H24FN3O/c23-17-5-3-16(4-6-17)14-26-18-7-8-19(26)13-22(27,12-18)15-25-11-9-20-21(25)2-1-10-24-20/h1-6,9-11,18-19,27H,7-8,12-15H2/t18-,19-/m1/s1. The quantitative estimate of drug-likeness (QED) is 0.766. The lowest BCUT2D eigenvalue weighted by Crippen LogP contribution is -2.52. The molecule has 5 heteroatoms. The summed E-state index contributed by atoms with van der Waals surface area (Å²) < 4.78 is 15.3. The topological polar surface area (TPSA) is 41.3 Å². The lowest BCUT2D eigenvalue weighted by molar-refractivity contribution is -0.0644. The van der Waals surface area contributed by atoms with Gasteiger partial charge >= 0.3 is 0 Å². The number of hydrogen-bond donors (Lipinski definition) is 1. The molecule has 140 valence electrons. The maximum Gasteiger partial charge on any atom is 0.123 e. The Morgan fingerprint density at radius 1 is 1.07 bits per heavy atom. The molecule has 2 aromatic heterocycles. The predicted octanol–water partition coefficient (Wildman–Crippen LogP) is 3.73. The Kier molecular flexibility index (Phi) is 4.02. The molecule has 0 radical (unpaired) electrons. The zero-order chi connectivity index (χ0) is 18.4. The van der Waals surface area contributed by atoms with Gasteiger partial charge in [-0.25, -0.2) is 4.39 Å². The van der Waals surface area contributed by atoms with E-state index >= 15 is 0 Å². The molecular formula is C22H24FN3O. The summed E-state index contributed by atoms with van der Waals surface area (Å²) in [6.45, 7) is 1.45. The predicted molar refractivity (Wildman–Crippen MR) is 103 cm³/mol. The van der Waals surface area contributed by atoms with Gasteiger partial charge in [-0.05, 0) is 61.6 Å².